The number of unbranched alkanes of at least 4 members (excludes halogenated alkanes) is 1. The molecule has 1 aliphatic heterocycles. The molecule has 0 amide bonds. The van der Waals surface area contributed by atoms with Crippen molar-refractivity contribution in [3.05, 3.63) is 0 Å². The molecule has 0 bridgehead atoms. The number of hydrogen-bond donors (Lipinski definition) is 0. The van der Waals surface area contributed by atoms with Crippen molar-refractivity contribution in [2.24, 2.45) is 0 Å². The average molecular weight is 180 g/mol. The lowest BCUT2D eigenvalue weighted by molar-refractivity contribution is 0.148. The van der Waals surface area contributed by atoms with Gasteiger partial charge >= 0.3 is 0 Å². The van der Waals surface area contributed by atoms with Gasteiger partial charge in [0.2, 0.25) is 0 Å². The molecule has 1 aliphatic rings. The molecule has 1 fully saturated rings. The normalized spacial score (nSPS) is 24.2. The van der Waals surface area contributed by atoms with Crippen molar-refractivity contribution in [3.8, 4) is 6.07 Å². The lowest BCUT2D eigenvalue weighted by Crippen LogP contribution is -2.39. The van der Waals surface area contributed by atoms with E-state index >= 15 is 0 Å². The molecule has 2 nitrogen and oxygen atoms in total. The van der Waals surface area contributed by atoms with Crippen molar-refractivity contribution >= 4 is 0 Å². The van der Waals surface area contributed by atoms with E-state index in [1.54, 1.807) is 0 Å². The minimum Gasteiger partial charge on any atom is -0.299 e. The van der Waals surface area contributed by atoms with Gasteiger partial charge < -0.3 is 0 Å². The van der Waals surface area contributed by atoms with Crippen LogP contribution in [0.25, 0.3) is 0 Å². The molecular formula is C11H20N2. The van der Waals surface area contributed by atoms with E-state index in [0.29, 0.717) is 6.04 Å². The molecule has 0 saturated carbocycles. The summed E-state index contributed by atoms with van der Waals surface area (Å²) in [6, 6.07) is 2.86. The molecule has 1 heterocycles. The van der Waals surface area contributed by atoms with E-state index in [4.69, 9.17) is 5.26 Å². The fourth-order valence-electron chi connectivity index (χ4n) is 2.05. The van der Waals surface area contributed by atoms with Crippen LogP contribution in [0, 0.1) is 11.3 Å². The molecule has 1 unspecified atom stereocenters. The summed E-state index contributed by atoms with van der Waals surface area (Å²) in [5.41, 5.74) is 0. The molecule has 13 heavy (non-hydrogen) atoms. The Morgan fingerprint density at radius 3 is 3.00 bits per heavy atom. The highest BCUT2D eigenvalue weighted by molar-refractivity contribution is 4.85. The van der Waals surface area contributed by atoms with Gasteiger partial charge in [-0.15, -0.1) is 0 Å². The van der Waals surface area contributed by atoms with Crippen LogP contribution >= 0.6 is 0 Å². The van der Waals surface area contributed by atoms with E-state index in [9.17, 15) is 0 Å². The first-order chi connectivity index (χ1) is 6.38. The zero-order valence-electron chi connectivity index (χ0n) is 8.63. The van der Waals surface area contributed by atoms with Gasteiger partial charge in [-0.2, -0.15) is 5.26 Å². The second-order valence-corrected chi connectivity index (χ2v) is 3.90. The Bertz CT molecular complexity index is 171. The van der Waals surface area contributed by atoms with Gasteiger partial charge in [-0.1, -0.05) is 19.8 Å². The summed E-state index contributed by atoms with van der Waals surface area (Å²) >= 11 is 0. The van der Waals surface area contributed by atoms with Crippen molar-refractivity contribution in [2.45, 2.75) is 51.5 Å². The summed E-state index contributed by atoms with van der Waals surface area (Å²) in [5.74, 6) is 0. The number of likely N-dealkylation sites (tertiary alicyclic amines) is 1. The van der Waals surface area contributed by atoms with E-state index in [-0.39, 0.29) is 0 Å². The summed E-state index contributed by atoms with van der Waals surface area (Å²) in [5, 5.41) is 8.69. The Morgan fingerprint density at radius 2 is 2.31 bits per heavy atom. The van der Waals surface area contributed by atoms with E-state index in [0.717, 1.165) is 6.42 Å². The van der Waals surface area contributed by atoms with Crippen LogP contribution in [0.4, 0.5) is 0 Å². The van der Waals surface area contributed by atoms with Gasteiger partial charge in [0.1, 0.15) is 0 Å². The van der Waals surface area contributed by atoms with Crippen molar-refractivity contribution in [3.63, 3.8) is 0 Å². The van der Waals surface area contributed by atoms with Gasteiger partial charge in [0.25, 0.3) is 0 Å². The van der Waals surface area contributed by atoms with Gasteiger partial charge in [-0.3, -0.25) is 4.90 Å². The number of piperidine rings is 1. The zero-order chi connectivity index (χ0) is 9.52. The second kappa shape index (κ2) is 5.99. The van der Waals surface area contributed by atoms with Crippen LogP contribution in [0.15, 0.2) is 0 Å². The molecule has 0 aliphatic carbocycles. The Kier molecular flexibility index (Phi) is 4.85. The third-order valence-electron chi connectivity index (χ3n) is 2.87. The molecule has 0 spiro atoms. The molecular weight excluding hydrogens is 160 g/mol. The number of nitriles is 1. The average Bonchev–Trinajstić information content (AvgIpc) is 2.17. The van der Waals surface area contributed by atoms with Crippen molar-refractivity contribution in [1.82, 2.24) is 4.90 Å². The predicted molar refractivity (Wildman–Crippen MR) is 54.4 cm³/mol. The van der Waals surface area contributed by atoms with Gasteiger partial charge in [0.15, 0.2) is 0 Å². The molecule has 74 valence electrons. The Morgan fingerprint density at radius 1 is 1.46 bits per heavy atom. The van der Waals surface area contributed by atoms with Crippen LogP contribution in [-0.2, 0) is 0 Å². The van der Waals surface area contributed by atoms with Gasteiger partial charge in [0, 0.05) is 6.04 Å². The Hall–Kier alpha value is -0.550. The number of nitrogens with zero attached hydrogens (tertiary/aromatic N) is 2. The van der Waals surface area contributed by atoms with Crippen molar-refractivity contribution in [1.29, 1.82) is 5.26 Å². The van der Waals surface area contributed by atoms with Crippen LogP contribution < -0.4 is 0 Å². The summed E-state index contributed by atoms with van der Waals surface area (Å²) in [6.07, 6.45) is 7.14. The summed E-state index contributed by atoms with van der Waals surface area (Å²) in [7, 11) is 0. The highest BCUT2D eigenvalue weighted by atomic mass is 15.2. The van der Waals surface area contributed by atoms with E-state index in [2.05, 4.69) is 17.9 Å². The fourth-order valence-corrected chi connectivity index (χ4v) is 2.05. The van der Waals surface area contributed by atoms with Gasteiger partial charge in [-0.05, 0) is 32.4 Å². The minimum atomic E-state index is 0.560. The molecule has 1 rings (SSSR count). The van der Waals surface area contributed by atoms with Crippen LogP contribution in [0.3, 0.4) is 0 Å². The van der Waals surface area contributed by atoms with E-state index in [1.807, 2.05) is 0 Å². The van der Waals surface area contributed by atoms with Crippen LogP contribution in [0.1, 0.15) is 45.4 Å². The third kappa shape index (κ3) is 3.36. The largest absolute Gasteiger partial charge is 0.299 e. The number of rotatable bonds is 4. The third-order valence-corrected chi connectivity index (χ3v) is 2.87. The molecule has 0 radical (unpaired) electrons. The quantitative estimate of drug-likeness (QED) is 0.665. The van der Waals surface area contributed by atoms with Crippen molar-refractivity contribution in [2.75, 3.05) is 13.1 Å². The molecule has 0 aromatic heterocycles. The first-order valence-corrected chi connectivity index (χ1v) is 5.49. The maximum atomic E-state index is 8.69. The first-order valence-electron chi connectivity index (χ1n) is 5.49. The lowest BCUT2D eigenvalue weighted by atomic mass is 9.99. The monoisotopic (exact) mass is 180 g/mol. The molecule has 2 heteroatoms. The van der Waals surface area contributed by atoms with Crippen LogP contribution in [0.2, 0.25) is 0 Å². The maximum Gasteiger partial charge on any atom is 0.0638 e. The molecule has 0 aromatic carbocycles. The molecule has 0 N–H and O–H groups in total. The standard InChI is InChI=1S/C11H20N2/c1-2-3-9-13-10-5-4-6-11(13)7-8-12/h11H,2-7,9-10H2,1H3. The van der Waals surface area contributed by atoms with E-state index in [1.165, 1.54) is 45.2 Å². The van der Waals surface area contributed by atoms with Crippen molar-refractivity contribution < 1.29 is 0 Å². The van der Waals surface area contributed by atoms with Crippen LogP contribution in [0.5, 0.6) is 0 Å². The minimum absolute atomic E-state index is 0.560. The first kappa shape index (κ1) is 10.5. The smallest absolute Gasteiger partial charge is 0.0638 e. The zero-order valence-corrected chi connectivity index (χ0v) is 8.63. The summed E-state index contributed by atoms with van der Waals surface area (Å²) in [6.45, 7) is 4.64. The topological polar surface area (TPSA) is 27.0 Å². The predicted octanol–water partition coefficient (Wildman–Crippen LogP) is 2.55. The van der Waals surface area contributed by atoms with Gasteiger partial charge in [-0.25, -0.2) is 0 Å². The Balaban J connectivity index is 2.33. The highest BCUT2D eigenvalue weighted by Gasteiger charge is 2.20. The fraction of sp³-hybridized carbons (Fsp3) is 0.909. The lowest BCUT2D eigenvalue weighted by Gasteiger charge is -2.34. The van der Waals surface area contributed by atoms with Gasteiger partial charge in [0.05, 0.1) is 12.5 Å². The van der Waals surface area contributed by atoms with E-state index < -0.39 is 0 Å². The maximum absolute atomic E-state index is 8.69. The number of hydrogen-bond acceptors (Lipinski definition) is 2. The SMILES string of the molecule is CCCCN1CCCCC1CC#N. The molecule has 1 atom stereocenters. The second-order valence-electron chi connectivity index (χ2n) is 3.90. The van der Waals surface area contributed by atoms with Crippen LogP contribution in [-0.4, -0.2) is 24.0 Å². The molecule has 0 aromatic rings. The summed E-state index contributed by atoms with van der Waals surface area (Å²) < 4.78 is 0. The summed E-state index contributed by atoms with van der Waals surface area (Å²) in [4.78, 5) is 2.51. The Labute approximate surface area is 81.5 Å². The highest BCUT2D eigenvalue weighted by Crippen LogP contribution is 2.19. The molecule has 1 saturated heterocycles.